The number of fused-ring (bicyclic) bond motifs is 2. The highest BCUT2D eigenvalue weighted by Crippen LogP contribution is 2.40. The molecule has 2 unspecified atom stereocenters. The fourth-order valence-electron chi connectivity index (χ4n) is 3.12. The molecule has 0 amide bonds. The number of carbonyl (C=O) groups is 2. The summed E-state index contributed by atoms with van der Waals surface area (Å²) < 4.78 is 10.8. The summed E-state index contributed by atoms with van der Waals surface area (Å²) in [5.41, 5.74) is 1.89. The van der Waals surface area contributed by atoms with Gasteiger partial charge in [0.1, 0.15) is 18.0 Å². The largest absolute Gasteiger partial charge is 0.500 e. The molecule has 0 bridgehead atoms. The smallest absolute Gasteiger partial charge is 0.336 e. The van der Waals surface area contributed by atoms with E-state index in [9.17, 15) is 14.7 Å². The number of carbonyl (C=O) groups excluding carboxylic acids is 1. The van der Waals surface area contributed by atoms with E-state index in [-0.39, 0.29) is 5.56 Å². The number of hydrogen-bond acceptors (Lipinski definition) is 4. The lowest BCUT2D eigenvalue weighted by Gasteiger charge is -2.29. The van der Waals surface area contributed by atoms with Crippen LogP contribution >= 0.6 is 0 Å². The van der Waals surface area contributed by atoms with Crippen molar-refractivity contribution < 1.29 is 24.2 Å². The Morgan fingerprint density at radius 2 is 2.04 bits per heavy atom. The number of benzene rings is 2. The topological polar surface area (TPSA) is 72.8 Å². The summed E-state index contributed by atoms with van der Waals surface area (Å²) in [6, 6.07) is 8.81. The normalized spacial score (nSPS) is 19.8. The van der Waals surface area contributed by atoms with E-state index in [1.165, 1.54) is 7.11 Å². The maximum atomic E-state index is 11.4. The minimum absolute atomic E-state index is 0.240. The van der Waals surface area contributed by atoms with Gasteiger partial charge in [0, 0.05) is 7.11 Å². The Labute approximate surface area is 133 Å². The molecular formula is C18H16O5. The molecule has 0 heterocycles. The SMILES string of the molecule is COC1=Cc2cc3c(C(=O)O)cccc3cc2C(OC)C1C=O. The van der Waals surface area contributed by atoms with Gasteiger partial charge in [0.25, 0.3) is 0 Å². The Bertz CT molecular complexity index is 822. The molecule has 5 heteroatoms. The van der Waals surface area contributed by atoms with Crippen molar-refractivity contribution in [2.45, 2.75) is 6.10 Å². The molecule has 3 rings (SSSR count). The monoisotopic (exact) mass is 312 g/mol. The van der Waals surface area contributed by atoms with E-state index in [1.54, 1.807) is 31.4 Å². The molecule has 1 aliphatic rings. The zero-order valence-electron chi connectivity index (χ0n) is 12.8. The average Bonchev–Trinajstić information content (AvgIpc) is 2.57. The van der Waals surface area contributed by atoms with E-state index in [0.717, 1.165) is 22.8 Å². The molecular weight excluding hydrogens is 296 g/mol. The number of aromatic carboxylic acids is 1. The third kappa shape index (κ3) is 2.39. The summed E-state index contributed by atoms with van der Waals surface area (Å²) in [6.07, 6.45) is 2.12. The summed E-state index contributed by atoms with van der Waals surface area (Å²) in [7, 11) is 3.05. The summed E-state index contributed by atoms with van der Waals surface area (Å²) in [5.74, 6) is -0.986. The molecule has 2 aromatic rings. The van der Waals surface area contributed by atoms with Crippen LogP contribution in [0.15, 0.2) is 36.1 Å². The van der Waals surface area contributed by atoms with E-state index in [4.69, 9.17) is 9.47 Å². The molecule has 2 aromatic carbocycles. The highest BCUT2D eigenvalue weighted by Gasteiger charge is 2.33. The molecule has 0 radical (unpaired) electrons. The first kappa shape index (κ1) is 15.2. The van der Waals surface area contributed by atoms with Crippen molar-refractivity contribution in [2.75, 3.05) is 14.2 Å². The fraction of sp³-hybridized carbons (Fsp3) is 0.222. The Kier molecular flexibility index (Phi) is 3.88. The van der Waals surface area contributed by atoms with Crippen LogP contribution in [0.2, 0.25) is 0 Å². The number of carboxylic acids is 1. The van der Waals surface area contributed by atoms with E-state index in [0.29, 0.717) is 11.1 Å². The van der Waals surface area contributed by atoms with Crippen LogP contribution in [0.3, 0.4) is 0 Å². The number of rotatable bonds is 4. The second kappa shape index (κ2) is 5.85. The van der Waals surface area contributed by atoms with Crippen molar-refractivity contribution in [1.82, 2.24) is 0 Å². The first-order valence-electron chi connectivity index (χ1n) is 7.14. The van der Waals surface area contributed by atoms with Crippen LogP contribution in [0.25, 0.3) is 16.8 Å². The molecule has 0 saturated carbocycles. The van der Waals surface area contributed by atoms with Gasteiger partial charge in [-0.3, -0.25) is 0 Å². The van der Waals surface area contributed by atoms with Gasteiger partial charge in [-0.25, -0.2) is 4.79 Å². The number of hydrogen-bond donors (Lipinski definition) is 1. The molecule has 1 N–H and O–H groups in total. The number of aldehydes is 1. The van der Waals surface area contributed by atoms with Crippen molar-refractivity contribution in [1.29, 1.82) is 0 Å². The number of methoxy groups -OCH3 is 2. The van der Waals surface area contributed by atoms with Crippen molar-refractivity contribution in [3.8, 4) is 0 Å². The minimum Gasteiger partial charge on any atom is -0.500 e. The van der Waals surface area contributed by atoms with Crippen molar-refractivity contribution in [2.24, 2.45) is 5.92 Å². The highest BCUT2D eigenvalue weighted by atomic mass is 16.5. The van der Waals surface area contributed by atoms with Crippen molar-refractivity contribution in [3.63, 3.8) is 0 Å². The van der Waals surface area contributed by atoms with Crippen LogP contribution in [-0.2, 0) is 14.3 Å². The maximum Gasteiger partial charge on any atom is 0.336 e. The average molecular weight is 312 g/mol. The van der Waals surface area contributed by atoms with E-state index >= 15 is 0 Å². The van der Waals surface area contributed by atoms with E-state index < -0.39 is 18.0 Å². The predicted molar refractivity (Wildman–Crippen MR) is 85.2 cm³/mol. The van der Waals surface area contributed by atoms with Crippen molar-refractivity contribution >= 4 is 29.1 Å². The van der Waals surface area contributed by atoms with Crippen molar-refractivity contribution in [3.05, 3.63) is 52.8 Å². The van der Waals surface area contributed by atoms with Gasteiger partial charge < -0.3 is 19.4 Å². The van der Waals surface area contributed by atoms with E-state index in [2.05, 4.69) is 0 Å². The number of carboxylic acid groups (broad SMARTS) is 1. The third-order valence-corrected chi connectivity index (χ3v) is 4.21. The van der Waals surface area contributed by atoms with Gasteiger partial charge in [-0.1, -0.05) is 12.1 Å². The summed E-state index contributed by atoms with van der Waals surface area (Å²) >= 11 is 0. The van der Waals surface area contributed by atoms with Crippen LogP contribution in [0, 0.1) is 5.92 Å². The first-order valence-corrected chi connectivity index (χ1v) is 7.14. The molecule has 0 aliphatic heterocycles. The van der Waals surface area contributed by atoms with Gasteiger partial charge >= 0.3 is 5.97 Å². The van der Waals surface area contributed by atoms with Gasteiger partial charge in [-0.2, -0.15) is 0 Å². The lowest BCUT2D eigenvalue weighted by molar-refractivity contribution is -0.115. The van der Waals surface area contributed by atoms with Crippen LogP contribution < -0.4 is 0 Å². The first-order chi connectivity index (χ1) is 11.1. The zero-order chi connectivity index (χ0) is 16.6. The zero-order valence-corrected chi connectivity index (χ0v) is 12.8. The third-order valence-electron chi connectivity index (χ3n) is 4.21. The molecule has 1 aliphatic carbocycles. The standard InChI is InChI=1S/C18H16O5/c1-22-16-8-11-7-13-10(4-3-5-12(13)18(20)21)6-14(11)17(23-2)15(16)9-19/h3-9,15,17H,1-2H3,(H,20,21). The summed E-state index contributed by atoms with van der Waals surface area (Å²) in [4.78, 5) is 22.8. The van der Waals surface area contributed by atoms with Crippen LogP contribution in [0.5, 0.6) is 0 Å². The maximum absolute atomic E-state index is 11.4. The molecule has 2 atom stereocenters. The van der Waals surface area contributed by atoms with Crippen LogP contribution in [-0.4, -0.2) is 31.6 Å². The minimum atomic E-state index is -0.976. The number of ether oxygens (including phenoxy) is 2. The lowest BCUT2D eigenvalue weighted by atomic mass is 9.84. The van der Waals surface area contributed by atoms with E-state index in [1.807, 2.05) is 12.1 Å². The molecule has 0 saturated heterocycles. The fourth-order valence-corrected chi connectivity index (χ4v) is 3.12. The second-order valence-corrected chi connectivity index (χ2v) is 5.38. The van der Waals surface area contributed by atoms with Gasteiger partial charge in [0.15, 0.2) is 0 Å². The summed E-state index contributed by atoms with van der Waals surface area (Å²) in [5, 5.41) is 10.8. The van der Waals surface area contributed by atoms with Crippen LogP contribution in [0.4, 0.5) is 0 Å². The van der Waals surface area contributed by atoms with Crippen LogP contribution in [0.1, 0.15) is 27.6 Å². The molecule has 23 heavy (non-hydrogen) atoms. The molecule has 0 fully saturated rings. The Hall–Kier alpha value is -2.66. The van der Waals surface area contributed by atoms with Gasteiger partial charge in [0.2, 0.25) is 0 Å². The molecule has 0 aromatic heterocycles. The van der Waals surface area contributed by atoms with Gasteiger partial charge in [-0.05, 0) is 46.2 Å². The Morgan fingerprint density at radius 3 is 2.65 bits per heavy atom. The highest BCUT2D eigenvalue weighted by molar-refractivity contribution is 6.04. The molecule has 118 valence electrons. The molecule has 0 spiro atoms. The molecule has 5 nitrogen and oxygen atoms in total. The predicted octanol–water partition coefficient (Wildman–Crippen LogP) is 3.04. The second-order valence-electron chi connectivity index (χ2n) is 5.38. The van der Waals surface area contributed by atoms with Gasteiger partial charge in [0.05, 0.1) is 18.8 Å². The summed E-state index contributed by atoms with van der Waals surface area (Å²) in [6.45, 7) is 0. The quantitative estimate of drug-likeness (QED) is 0.878. The Morgan fingerprint density at radius 1 is 1.26 bits per heavy atom. The lowest BCUT2D eigenvalue weighted by Crippen LogP contribution is -2.23. The Balaban J connectivity index is 2.30. The van der Waals surface area contributed by atoms with Gasteiger partial charge in [-0.15, -0.1) is 0 Å².